The zero-order valence-corrected chi connectivity index (χ0v) is 15.2. The predicted molar refractivity (Wildman–Crippen MR) is 99.3 cm³/mol. The maximum atomic E-state index is 12.9. The molecule has 2 rings (SSSR count). The van der Waals surface area contributed by atoms with E-state index in [-0.39, 0.29) is 24.2 Å². The third-order valence-corrected chi connectivity index (χ3v) is 4.78. The third kappa shape index (κ3) is 5.60. The fourth-order valence-corrected chi connectivity index (χ4v) is 3.17. The summed E-state index contributed by atoms with van der Waals surface area (Å²) < 4.78 is 12.9. The lowest BCUT2D eigenvalue weighted by atomic mass is 10.1. The van der Waals surface area contributed by atoms with E-state index >= 15 is 0 Å². The number of rotatable bonds is 6. The highest BCUT2D eigenvalue weighted by Gasteiger charge is 2.16. The van der Waals surface area contributed by atoms with E-state index in [1.54, 1.807) is 19.1 Å². The second kappa shape index (κ2) is 8.67. The summed E-state index contributed by atoms with van der Waals surface area (Å²) in [5.41, 5.74) is 2.72. The van der Waals surface area contributed by atoms with Gasteiger partial charge in [-0.15, -0.1) is 11.8 Å². The molecular weight excluding hydrogens is 339 g/mol. The summed E-state index contributed by atoms with van der Waals surface area (Å²) in [6.07, 6.45) is 0. The molecule has 0 radical (unpaired) electrons. The lowest BCUT2D eigenvalue weighted by Gasteiger charge is -2.14. The number of hydrogen-bond donors (Lipinski definition) is 2. The van der Waals surface area contributed by atoms with Gasteiger partial charge in [0.05, 0.1) is 11.8 Å². The standard InChI is InChI=1S/C19H21FN2O2S/c1-12-5-4-6-13(2)18(12)22-17(23)11-21-19(24)14(3)25-16-9-7-15(20)8-10-16/h4-10,14H,11H2,1-3H3,(H,21,24)(H,22,23)/t14-/m1/s1. The van der Waals surface area contributed by atoms with Crippen LogP contribution in [-0.4, -0.2) is 23.6 Å². The molecule has 0 heterocycles. The van der Waals surface area contributed by atoms with Gasteiger partial charge in [0.15, 0.2) is 0 Å². The zero-order chi connectivity index (χ0) is 18.4. The van der Waals surface area contributed by atoms with Gasteiger partial charge in [0, 0.05) is 10.6 Å². The quantitative estimate of drug-likeness (QED) is 0.773. The van der Waals surface area contributed by atoms with E-state index in [0.717, 1.165) is 21.7 Å². The summed E-state index contributed by atoms with van der Waals surface area (Å²) in [7, 11) is 0. The maximum absolute atomic E-state index is 12.9. The van der Waals surface area contributed by atoms with Crippen molar-refractivity contribution in [2.75, 3.05) is 11.9 Å². The summed E-state index contributed by atoms with van der Waals surface area (Å²) in [5.74, 6) is -0.833. The van der Waals surface area contributed by atoms with Crippen molar-refractivity contribution in [2.24, 2.45) is 0 Å². The fourth-order valence-electron chi connectivity index (χ4n) is 2.28. The number of carbonyl (C=O) groups is 2. The van der Waals surface area contributed by atoms with Crippen molar-refractivity contribution in [1.82, 2.24) is 5.32 Å². The Hall–Kier alpha value is -2.34. The van der Waals surface area contributed by atoms with Crippen molar-refractivity contribution >= 4 is 29.3 Å². The van der Waals surface area contributed by atoms with Crippen molar-refractivity contribution in [3.8, 4) is 0 Å². The number of amides is 2. The Balaban J connectivity index is 1.84. The van der Waals surface area contributed by atoms with Gasteiger partial charge < -0.3 is 10.6 Å². The van der Waals surface area contributed by atoms with Gasteiger partial charge in [-0.2, -0.15) is 0 Å². The maximum Gasteiger partial charge on any atom is 0.243 e. The SMILES string of the molecule is Cc1cccc(C)c1NC(=O)CNC(=O)[C@@H](C)Sc1ccc(F)cc1. The molecule has 1 atom stereocenters. The van der Waals surface area contributed by atoms with Gasteiger partial charge in [-0.3, -0.25) is 9.59 Å². The van der Waals surface area contributed by atoms with Crippen LogP contribution in [-0.2, 0) is 9.59 Å². The number of para-hydroxylation sites is 1. The van der Waals surface area contributed by atoms with E-state index in [1.165, 1.54) is 23.9 Å². The van der Waals surface area contributed by atoms with E-state index in [0.29, 0.717) is 0 Å². The average molecular weight is 360 g/mol. The van der Waals surface area contributed by atoms with Crippen LogP contribution in [0.5, 0.6) is 0 Å². The smallest absolute Gasteiger partial charge is 0.243 e. The molecule has 0 unspecified atom stereocenters. The minimum Gasteiger partial charge on any atom is -0.346 e. The molecule has 6 heteroatoms. The highest BCUT2D eigenvalue weighted by molar-refractivity contribution is 8.00. The first kappa shape index (κ1) is 19.0. The molecule has 2 aromatic rings. The lowest BCUT2D eigenvalue weighted by Crippen LogP contribution is -2.37. The van der Waals surface area contributed by atoms with Gasteiger partial charge >= 0.3 is 0 Å². The number of thioether (sulfide) groups is 1. The highest BCUT2D eigenvalue weighted by Crippen LogP contribution is 2.23. The fraction of sp³-hybridized carbons (Fsp3) is 0.263. The minimum atomic E-state index is -0.390. The molecule has 0 aliphatic rings. The van der Waals surface area contributed by atoms with E-state index in [1.807, 2.05) is 32.0 Å². The van der Waals surface area contributed by atoms with Crippen LogP contribution in [0.15, 0.2) is 47.4 Å². The van der Waals surface area contributed by atoms with E-state index in [4.69, 9.17) is 0 Å². The molecular formula is C19H21FN2O2S. The number of carbonyl (C=O) groups excluding carboxylic acids is 2. The zero-order valence-electron chi connectivity index (χ0n) is 14.4. The number of anilines is 1. The second-order valence-electron chi connectivity index (χ2n) is 5.75. The number of benzene rings is 2. The molecule has 25 heavy (non-hydrogen) atoms. The Labute approximate surface area is 151 Å². The van der Waals surface area contributed by atoms with E-state index in [2.05, 4.69) is 10.6 Å². The van der Waals surface area contributed by atoms with Crippen LogP contribution in [0, 0.1) is 19.7 Å². The Bertz CT molecular complexity index is 742. The monoisotopic (exact) mass is 360 g/mol. The molecule has 2 N–H and O–H groups in total. The topological polar surface area (TPSA) is 58.2 Å². The number of nitrogens with one attached hydrogen (secondary N) is 2. The molecule has 4 nitrogen and oxygen atoms in total. The van der Waals surface area contributed by atoms with E-state index in [9.17, 15) is 14.0 Å². The molecule has 132 valence electrons. The van der Waals surface area contributed by atoms with Crippen LogP contribution in [0.25, 0.3) is 0 Å². The average Bonchev–Trinajstić information content (AvgIpc) is 2.58. The molecule has 0 saturated carbocycles. The largest absolute Gasteiger partial charge is 0.346 e. The molecule has 0 aliphatic heterocycles. The van der Waals surface area contributed by atoms with Crippen molar-refractivity contribution < 1.29 is 14.0 Å². The molecule has 0 saturated heterocycles. The Morgan fingerprint density at radius 1 is 1.08 bits per heavy atom. The molecule has 2 aromatic carbocycles. The molecule has 2 amide bonds. The van der Waals surface area contributed by atoms with Crippen LogP contribution >= 0.6 is 11.8 Å². The molecule has 0 fully saturated rings. The minimum absolute atomic E-state index is 0.0963. The van der Waals surface area contributed by atoms with Crippen molar-refractivity contribution in [1.29, 1.82) is 0 Å². The van der Waals surface area contributed by atoms with Gasteiger partial charge in [-0.1, -0.05) is 18.2 Å². The highest BCUT2D eigenvalue weighted by atomic mass is 32.2. The first-order chi connectivity index (χ1) is 11.9. The summed E-state index contributed by atoms with van der Waals surface area (Å²) in [6.45, 7) is 5.49. The first-order valence-electron chi connectivity index (χ1n) is 7.93. The Morgan fingerprint density at radius 2 is 1.68 bits per heavy atom. The Kier molecular flexibility index (Phi) is 6.58. The van der Waals surface area contributed by atoms with Gasteiger partial charge in [-0.25, -0.2) is 4.39 Å². The van der Waals surface area contributed by atoms with Gasteiger partial charge in [0.2, 0.25) is 11.8 Å². The van der Waals surface area contributed by atoms with Crippen LogP contribution < -0.4 is 10.6 Å². The normalized spacial score (nSPS) is 11.7. The summed E-state index contributed by atoms with van der Waals surface area (Å²) >= 11 is 1.31. The lowest BCUT2D eigenvalue weighted by molar-refractivity contribution is -0.123. The van der Waals surface area contributed by atoms with Crippen LogP contribution in [0.1, 0.15) is 18.1 Å². The molecule has 0 spiro atoms. The molecule has 0 aliphatic carbocycles. The van der Waals surface area contributed by atoms with Crippen molar-refractivity contribution in [3.63, 3.8) is 0 Å². The summed E-state index contributed by atoms with van der Waals surface area (Å²) in [6, 6.07) is 11.7. The van der Waals surface area contributed by atoms with Gasteiger partial charge in [0.1, 0.15) is 5.82 Å². The number of aryl methyl sites for hydroxylation is 2. The molecule has 0 aromatic heterocycles. The van der Waals surface area contributed by atoms with Gasteiger partial charge in [-0.05, 0) is 56.2 Å². The molecule has 0 bridgehead atoms. The van der Waals surface area contributed by atoms with Crippen LogP contribution in [0.4, 0.5) is 10.1 Å². The van der Waals surface area contributed by atoms with Crippen LogP contribution in [0.3, 0.4) is 0 Å². The van der Waals surface area contributed by atoms with E-state index < -0.39 is 5.25 Å². The first-order valence-corrected chi connectivity index (χ1v) is 8.81. The van der Waals surface area contributed by atoms with Crippen molar-refractivity contribution in [3.05, 3.63) is 59.4 Å². The van der Waals surface area contributed by atoms with Crippen LogP contribution in [0.2, 0.25) is 0 Å². The summed E-state index contributed by atoms with van der Waals surface area (Å²) in [5, 5.41) is 5.06. The van der Waals surface area contributed by atoms with Crippen molar-refractivity contribution in [2.45, 2.75) is 30.9 Å². The second-order valence-corrected chi connectivity index (χ2v) is 7.16. The number of hydrogen-bond acceptors (Lipinski definition) is 3. The number of halogens is 1. The Morgan fingerprint density at radius 3 is 2.28 bits per heavy atom. The predicted octanol–water partition coefficient (Wildman–Crippen LogP) is 3.68. The summed E-state index contributed by atoms with van der Waals surface area (Å²) in [4.78, 5) is 25.0. The van der Waals surface area contributed by atoms with Gasteiger partial charge in [0.25, 0.3) is 0 Å². The third-order valence-electron chi connectivity index (χ3n) is 3.66.